The summed E-state index contributed by atoms with van der Waals surface area (Å²) in [5, 5.41) is 0. The number of nitrogens with one attached hydrogen (secondary N) is 1. The summed E-state index contributed by atoms with van der Waals surface area (Å²) in [5.74, 6) is 0.587. The van der Waals surface area contributed by atoms with E-state index in [1.807, 2.05) is 37.3 Å². The van der Waals surface area contributed by atoms with E-state index in [9.17, 15) is 13.2 Å². The van der Waals surface area contributed by atoms with Crippen LogP contribution < -0.4 is 14.3 Å². The van der Waals surface area contributed by atoms with Crippen molar-refractivity contribution in [2.45, 2.75) is 18.4 Å². The number of ether oxygens (including phenoxy) is 1. The number of fused-ring (bicyclic) bond motifs is 1. The fourth-order valence-corrected chi connectivity index (χ4v) is 5.24. The van der Waals surface area contributed by atoms with Crippen molar-refractivity contribution in [1.82, 2.24) is 4.57 Å². The summed E-state index contributed by atoms with van der Waals surface area (Å²) < 4.78 is 36.0. The van der Waals surface area contributed by atoms with E-state index in [1.165, 1.54) is 12.1 Å². The van der Waals surface area contributed by atoms with Crippen molar-refractivity contribution < 1.29 is 13.2 Å². The second kappa shape index (κ2) is 8.33. The zero-order chi connectivity index (χ0) is 21.1. The average molecular weight is 441 g/mol. The van der Waals surface area contributed by atoms with E-state index in [-0.39, 0.29) is 9.77 Å². The molecule has 0 radical (unpaired) electrons. The molecule has 1 heterocycles. The molecule has 3 aromatic carbocycles. The number of sulfonamides is 1. The van der Waals surface area contributed by atoms with E-state index in [0.717, 1.165) is 16.9 Å². The first-order valence-electron chi connectivity index (χ1n) is 9.39. The Kier molecular flexibility index (Phi) is 5.61. The van der Waals surface area contributed by atoms with Gasteiger partial charge in [-0.1, -0.05) is 47.7 Å². The number of hydrogen-bond acceptors (Lipinski definition) is 5. The minimum absolute atomic E-state index is 0.102. The van der Waals surface area contributed by atoms with Crippen molar-refractivity contribution in [3.63, 3.8) is 0 Å². The zero-order valence-electron chi connectivity index (χ0n) is 16.2. The van der Waals surface area contributed by atoms with Gasteiger partial charge >= 0.3 is 4.87 Å². The SMILES string of the molecule is CCOc1cccc(NS(=O)(=O)c2ccc3c(c2)sc(=O)n3Cc2ccccc2)c1. The van der Waals surface area contributed by atoms with Gasteiger partial charge in [-0.2, -0.15) is 0 Å². The molecule has 1 aromatic heterocycles. The van der Waals surface area contributed by atoms with Gasteiger partial charge in [-0.25, -0.2) is 8.42 Å². The lowest BCUT2D eigenvalue weighted by Gasteiger charge is -2.10. The Morgan fingerprint density at radius 2 is 1.80 bits per heavy atom. The molecule has 8 heteroatoms. The molecular weight excluding hydrogens is 420 g/mol. The van der Waals surface area contributed by atoms with Crippen LogP contribution in [0.2, 0.25) is 0 Å². The molecule has 154 valence electrons. The predicted octanol–water partition coefficient (Wildman–Crippen LogP) is 4.31. The van der Waals surface area contributed by atoms with E-state index in [4.69, 9.17) is 4.74 Å². The van der Waals surface area contributed by atoms with Gasteiger partial charge in [-0.15, -0.1) is 0 Å². The molecule has 0 amide bonds. The molecule has 0 unspecified atom stereocenters. The van der Waals surface area contributed by atoms with Crippen LogP contribution in [0.15, 0.2) is 82.5 Å². The standard InChI is InChI=1S/C22H20N2O4S2/c1-2-28-18-10-6-9-17(13-18)23-30(26,27)19-11-12-20-21(14-19)29-22(25)24(20)15-16-7-4-3-5-8-16/h3-14,23H,2,15H2,1H3. The highest BCUT2D eigenvalue weighted by Crippen LogP contribution is 2.25. The minimum Gasteiger partial charge on any atom is -0.494 e. The molecule has 0 aliphatic carbocycles. The number of benzene rings is 3. The summed E-state index contributed by atoms with van der Waals surface area (Å²) in [7, 11) is -3.81. The van der Waals surface area contributed by atoms with Gasteiger partial charge in [0.2, 0.25) is 0 Å². The van der Waals surface area contributed by atoms with Crippen molar-refractivity contribution in [3.8, 4) is 5.75 Å². The maximum atomic E-state index is 12.9. The third-order valence-corrected chi connectivity index (χ3v) is 6.85. The molecule has 4 aromatic rings. The maximum absolute atomic E-state index is 12.9. The second-order valence-electron chi connectivity index (χ2n) is 6.64. The lowest BCUT2D eigenvalue weighted by Crippen LogP contribution is -2.14. The Balaban J connectivity index is 1.65. The van der Waals surface area contributed by atoms with E-state index < -0.39 is 10.0 Å². The zero-order valence-corrected chi connectivity index (χ0v) is 17.9. The molecule has 0 fully saturated rings. The Bertz CT molecular complexity index is 1340. The summed E-state index contributed by atoms with van der Waals surface area (Å²) in [6.45, 7) is 2.79. The first-order valence-corrected chi connectivity index (χ1v) is 11.7. The van der Waals surface area contributed by atoms with Crippen molar-refractivity contribution in [1.29, 1.82) is 0 Å². The smallest absolute Gasteiger partial charge is 0.308 e. The maximum Gasteiger partial charge on any atom is 0.308 e. The average Bonchev–Trinajstić information content (AvgIpc) is 3.03. The van der Waals surface area contributed by atoms with Gasteiger partial charge in [0.05, 0.1) is 34.0 Å². The number of aromatic nitrogens is 1. The van der Waals surface area contributed by atoms with Crippen molar-refractivity contribution in [3.05, 3.63) is 88.0 Å². The predicted molar refractivity (Wildman–Crippen MR) is 120 cm³/mol. The Morgan fingerprint density at radius 1 is 1.00 bits per heavy atom. The number of nitrogens with zero attached hydrogens (tertiary/aromatic N) is 1. The lowest BCUT2D eigenvalue weighted by molar-refractivity contribution is 0.340. The molecule has 0 spiro atoms. The number of anilines is 1. The van der Waals surface area contributed by atoms with E-state index >= 15 is 0 Å². The van der Waals surface area contributed by atoms with Crippen molar-refractivity contribution in [2.24, 2.45) is 0 Å². The Labute approximate surface area is 178 Å². The second-order valence-corrected chi connectivity index (χ2v) is 9.31. The van der Waals surface area contributed by atoms with Gasteiger partial charge in [0.15, 0.2) is 0 Å². The summed E-state index contributed by atoms with van der Waals surface area (Å²) in [6.07, 6.45) is 0. The van der Waals surface area contributed by atoms with Gasteiger partial charge < -0.3 is 4.74 Å². The van der Waals surface area contributed by atoms with Crippen LogP contribution in [-0.2, 0) is 16.6 Å². The number of hydrogen-bond donors (Lipinski definition) is 1. The summed E-state index contributed by atoms with van der Waals surface area (Å²) in [6, 6.07) is 21.2. The Morgan fingerprint density at radius 3 is 2.57 bits per heavy atom. The van der Waals surface area contributed by atoms with Crippen LogP contribution in [0.1, 0.15) is 12.5 Å². The third-order valence-electron chi connectivity index (χ3n) is 4.53. The number of thiazole rings is 1. The summed E-state index contributed by atoms with van der Waals surface area (Å²) >= 11 is 1.04. The Hall–Kier alpha value is -3.10. The fourth-order valence-electron chi connectivity index (χ4n) is 3.16. The van der Waals surface area contributed by atoms with Gasteiger partial charge in [0, 0.05) is 6.07 Å². The van der Waals surface area contributed by atoms with E-state index in [2.05, 4.69) is 4.72 Å². The van der Waals surface area contributed by atoms with Gasteiger partial charge in [-0.3, -0.25) is 14.1 Å². The molecule has 4 rings (SSSR count). The molecule has 0 saturated carbocycles. The van der Waals surface area contributed by atoms with Crippen LogP contribution >= 0.6 is 11.3 Å². The summed E-state index contributed by atoms with van der Waals surface area (Å²) in [4.78, 5) is 12.5. The highest BCUT2D eigenvalue weighted by Gasteiger charge is 2.17. The largest absolute Gasteiger partial charge is 0.494 e. The topological polar surface area (TPSA) is 77.4 Å². The molecule has 6 nitrogen and oxygen atoms in total. The quantitative estimate of drug-likeness (QED) is 0.465. The van der Waals surface area contributed by atoms with Crippen LogP contribution in [0.25, 0.3) is 10.2 Å². The highest BCUT2D eigenvalue weighted by molar-refractivity contribution is 7.92. The van der Waals surface area contributed by atoms with Crippen LogP contribution in [0.3, 0.4) is 0 Å². The first kappa shape index (κ1) is 20.2. The highest BCUT2D eigenvalue weighted by atomic mass is 32.2. The summed E-state index contributed by atoms with van der Waals surface area (Å²) in [5.41, 5.74) is 2.13. The molecule has 0 aliphatic heterocycles. The molecular formula is C22H20N2O4S2. The molecule has 1 N–H and O–H groups in total. The van der Waals surface area contributed by atoms with Crippen LogP contribution in [0, 0.1) is 0 Å². The molecule has 30 heavy (non-hydrogen) atoms. The fraction of sp³-hybridized carbons (Fsp3) is 0.136. The molecule has 0 saturated heterocycles. The third kappa shape index (κ3) is 4.24. The van der Waals surface area contributed by atoms with Gasteiger partial charge in [-0.05, 0) is 42.8 Å². The first-order chi connectivity index (χ1) is 14.5. The number of rotatable bonds is 7. The van der Waals surface area contributed by atoms with Crippen LogP contribution in [-0.4, -0.2) is 19.6 Å². The van der Waals surface area contributed by atoms with E-state index in [1.54, 1.807) is 34.9 Å². The van der Waals surface area contributed by atoms with Crippen LogP contribution in [0.5, 0.6) is 5.75 Å². The van der Waals surface area contributed by atoms with Crippen molar-refractivity contribution in [2.75, 3.05) is 11.3 Å². The minimum atomic E-state index is -3.81. The lowest BCUT2D eigenvalue weighted by atomic mass is 10.2. The molecule has 0 aliphatic rings. The van der Waals surface area contributed by atoms with E-state index in [0.29, 0.717) is 34.8 Å². The van der Waals surface area contributed by atoms with Crippen molar-refractivity contribution >= 4 is 37.3 Å². The molecule has 0 atom stereocenters. The van der Waals surface area contributed by atoms with Gasteiger partial charge in [0.1, 0.15) is 5.75 Å². The molecule has 0 bridgehead atoms. The van der Waals surface area contributed by atoms with Gasteiger partial charge in [0.25, 0.3) is 10.0 Å². The normalized spacial score (nSPS) is 11.5. The monoisotopic (exact) mass is 440 g/mol. The van der Waals surface area contributed by atoms with Crippen LogP contribution in [0.4, 0.5) is 5.69 Å².